The third-order valence-corrected chi connectivity index (χ3v) is 7.53. The quantitative estimate of drug-likeness (QED) is 0.443. The van der Waals surface area contributed by atoms with E-state index in [1.165, 1.54) is 35.6 Å². The van der Waals surface area contributed by atoms with Crippen molar-refractivity contribution in [3.05, 3.63) is 81.5 Å². The van der Waals surface area contributed by atoms with Crippen LogP contribution in [-0.2, 0) is 12.8 Å². The zero-order valence-electron chi connectivity index (χ0n) is 19.4. The van der Waals surface area contributed by atoms with Gasteiger partial charge in [0.05, 0.1) is 5.56 Å². The van der Waals surface area contributed by atoms with Crippen molar-refractivity contribution in [2.45, 2.75) is 47.0 Å². The Labute approximate surface area is 198 Å². The van der Waals surface area contributed by atoms with Gasteiger partial charge in [-0.3, -0.25) is 9.59 Å². The summed E-state index contributed by atoms with van der Waals surface area (Å²) in [6, 6.07) is 13.0. The van der Waals surface area contributed by atoms with Gasteiger partial charge in [-0.15, -0.1) is 11.3 Å². The molecule has 2 aromatic carbocycles. The monoisotopic (exact) mass is 464 g/mol. The minimum atomic E-state index is -0.399. The van der Waals surface area contributed by atoms with Crippen molar-refractivity contribution in [2.75, 3.05) is 10.6 Å². The number of amides is 2. The minimum Gasteiger partial charge on any atom is -0.322 e. The van der Waals surface area contributed by atoms with E-state index in [1.807, 2.05) is 31.2 Å². The highest BCUT2D eigenvalue weighted by molar-refractivity contribution is 7.17. The summed E-state index contributed by atoms with van der Waals surface area (Å²) in [7, 11) is 0. The number of rotatable bonds is 4. The lowest BCUT2D eigenvalue weighted by Crippen LogP contribution is -2.27. The molecule has 0 fully saturated rings. The molecule has 1 aromatic heterocycles. The molecule has 1 atom stereocenters. The van der Waals surface area contributed by atoms with Crippen LogP contribution in [0.1, 0.15) is 63.9 Å². The van der Waals surface area contributed by atoms with Gasteiger partial charge in [-0.1, -0.05) is 38.5 Å². The van der Waals surface area contributed by atoms with Crippen molar-refractivity contribution in [3.63, 3.8) is 0 Å². The fourth-order valence-electron chi connectivity index (χ4n) is 4.26. The van der Waals surface area contributed by atoms with E-state index in [2.05, 4.69) is 31.4 Å². The molecule has 1 heterocycles. The number of thiophene rings is 1. The Hall–Kier alpha value is -2.99. The van der Waals surface area contributed by atoms with Gasteiger partial charge in [0.2, 0.25) is 0 Å². The molecule has 0 unspecified atom stereocenters. The topological polar surface area (TPSA) is 58.2 Å². The van der Waals surface area contributed by atoms with E-state index in [1.54, 1.807) is 0 Å². The van der Waals surface area contributed by atoms with Gasteiger partial charge in [0.15, 0.2) is 0 Å². The van der Waals surface area contributed by atoms with E-state index in [0.29, 0.717) is 27.7 Å². The van der Waals surface area contributed by atoms with Gasteiger partial charge in [0.1, 0.15) is 10.8 Å². The second-order valence-corrected chi connectivity index (χ2v) is 10.9. The Balaban J connectivity index is 1.67. The maximum absolute atomic E-state index is 13.4. The highest BCUT2D eigenvalue weighted by Gasteiger charge is 2.34. The summed E-state index contributed by atoms with van der Waals surface area (Å²) >= 11 is 1.48. The molecule has 6 heteroatoms. The van der Waals surface area contributed by atoms with Crippen LogP contribution in [0.3, 0.4) is 0 Å². The number of aryl methyl sites for hydroxylation is 1. The molecule has 0 saturated heterocycles. The first kappa shape index (κ1) is 23.2. The van der Waals surface area contributed by atoms with Gasteiger partial charge in [-0.05, 0) is 79.5 Å². The molecule has 1 aliphatic rings. The number of anilines is 2. The van der Waals surface area contributed by atoms with Crippen LogP contribution in [-0.4, -0.2) is 11.8 Å². The van der Waals surface area contributed by atoms with Gasteiger partial charge in [0, 0.05) is 16.1 Å². The summed E-state index contributed by atoms with van der Waals surface area (Å²) < 4.78 is 13.3. The molecule has 4 nitrogen and oxygen atoms in total. The Kier molecular flexibility index (Phi) is 6.39. The molecule has 0 aliphatic heterocycles. The maximum Gasteiger partial charge on any atom is 0.258 e. The second kappa shape index (κ2) is 9.10. The molecular formula is C27H29FN2O2S. The van der Waals surface area contributed by atoms with E-state index in [9.17, 15) is 14.0 Å². The second-order valence-electron chi connectivity index (χ2n) is 9.79. The van der Waals surface area contributed by atoms with Gasteiger partial charge in [-0.25, -0.2) is 4.39 Å². The maximum atomic E-state index is 13.4. The number of nitrogens with one attached hydrogen (secondary N) is 2. The molecule has 2 N–H and O–H groups in total. The Bertz CT molecular complexity index is 1170. The summed E-state index contributed by atoms with van der Waals surface area (Å²) in [5.74, 6) is -0.466. The molecule has 2 amide bonds. The first-order valence-corrected chi connectivity index (χ1v) is 12.0. The third kappa shape index (κ3) is 5.17. The smallest absolute Gasteiger partial charge is 0.258 e. The summed E-state index contributed by atoms with van der Waals surface area (Å²) in [4.78, 5) is 27.4. The van der Waals surface area contributed by atoms with E-state index >= 15 is 0 Å². The first-order chi connectivity index (χ1) is 15.6. The predicted molar refractivity (Wildman–Crippen MR) is 133 cm³/mol. The molecule has 0 radical (unpaired) electrons. The lowest BCUT2D eigenvalue weighted by molar-refractivity contribution is 0.102. The van der Waals surface area contributed by atoms with Crippen LogP contribution in [0.15, 0.2) is 48.5 Å². The predicted octanol–water partition coefficient (Wildman–Crippen LogP) is 6.85. The fraction of sp³-hybridized carbons (Fsp3) is 0.333. The van der Waals surface area contributed by atoms with Gasteiger partial charge in [0.25, 0.3) is 11.8 Å². The molecule has 0 spiro atoms. The van der Waals surface area contributed by atoms with Crippen LogP contribution in [0, 0.1) is 24.1 Å². The number of halogens is 1. The highest BCUT2D eigenvalue weighted by Crippen LogP contribution is 2.44. The number of fused-ring (bicyclic) bond motifs is 1. The number of carbonyl (C=O) groups is 2. The summed E-state index contributed by atoms with van der Waals surface area (Å²) in [5.41, 5.74) is 3.91. The molecule has 1 aliphatic carbocycles. The van der Waals surface area contributed by atoms with E-state index in [-0.39, 0.29) is 17.2 Å². The van der Waals surface area contributed by atoms with Crippen molar-refractivity contribution >= 4 is 33.8 Å². The first-order valence-electron chi connectivity index (χ1n) is 11.2. The fourth-order valence-corrected chi connectivity index (χ4v) is 5.58. The molecule has 3 aromatic rings. The molecule has 0 saturated carbocycles. The minimum absolute atomic E-state index is 0.170. The van der Waals surface area contributed by atoms with Crippen LogP contribution in [0.2, 0.25) is 0 Å². The third-order valence-electron chi connectivity index (χ3n) is 6.36. The molecule has 4 rings (SSSR count). The Morgan fingerprint density at radius 3 is 2.27 bits per heavy atom. The number of hydrogen-bond donors (Lipinski definition) is 2. The molecular weight excluding hydrogens is 435 g/mol. The van der Waals surface area contributed by atoms with Crippen molar-refractivity contribution in [2.24, 2.45) is 11.3 Å². The average molecular weight is 465 g/mol. The zero-order chi connectivity index (χ0) is 23.8. The standard InChI is InChI=1S/C27H29FN2O2S/c1-16-5-12-20(13-6-16)29-25(32)23-21-14-9-18(27(2,3)4)15-22(21)33-26(23)30-24(31)17-7-10-19(28)11-8-17/h5-8,10-13,18H,9,14-15H2,1-4H3,(H,29,32)(H,30,31)/t18-/m1/s1. The highest BCUT2D eigenvalue weighted by atomic mass is 32.1. The van der Waals surface area contributed by atoms with Crippen LogP contribution < -0.4 is 10.6 Å². The summed E-state index contributed by atoms with van der Waals surface area (Å²) in [6.07, 6.45) is 2.70. The Morgan fingerprint density at radius 1 is 0.970 bits per heavy atom. The largest absolute Gasteiger partial charge is 0.322 e. The van der Waals surface area contributed by atoms with Crippen LogP contribution >= 0.6 is 11.3 Å². The zero-order valence-corrected chi connectivity index (χ0v) is 20.2. The van der Waals surface area contributed by atoms with Gasteiger partial charge < -0.3 is 10.6 Å². The number of carbonyl (C=O) groups excluding carboxylic acids is 2. The van der Waals surface area contributed by atoms with Crippen LogP contribution in [0.5, 0.6) is 0 Å². The van der Waals surface area contributed by atoms with Crippen molar-refractivity contribution in [3.8, 4) is 0 Å². The van der Waals surface area contributed by atoms with E-state index in [4.69, 9.17) is 0 Å². The van der Waals surface area contributed by atoms with Crippen molar-refractivity contribution in [1.29, 1.82) is 0 Å². The SMILES string of the molecule is Cc1ccc(NC(=O)c2c(NC(=O)c3ccc(F)cc3)sc3c2CC[C@@H](C(C)(C)C)C3)cc1. The molecule has 0 bridgehead atoms. The van der Waals surface area contributed by atoms with Crippen LogP contribution in [0.25, 0.3) is 0 Å². The van der Waals surface area contributed by atoms with Crippen molar-refractivity contribution in [1.82, 2.24) is 0 Å². The van der Waals surface area contributed by atoms with Gasteiger partial charge in [-0.2, -0.15) is 0 Å². The lowest BCUT2D eigenvalue weighted by Gasteiger charge is -2.33. The van der Waals surface area contributed by atoms with Crippen LogP contribution in [0.4, 0.5) is 15.1 Å². The lowest BCUT2D eigenvalue weighted by atomic mass is 9.72. The number of hydrogen-bond acceptors (Lipinski definition) is 3. The normalized spacial score (nSPS) is 15.6. The average Bonchev–Trinajstić information content (AvgIpc) is 3.12. The summed E-state index contributed by atoms with van der Waals surface area (Å²) in [5, 5.41) is 6.47. The Morgan fingerprint density at radius 2 is 1.64 bits per heavy atom. The molecule has 33 heavy (non-hydrogen) atoms. The van der Waals surface area contributed by atoms with E-state index in [0.717, 1.165) is 35.3 Å². The van der Waals surface area contributed by atoms with Gasteiger partial charge >= 0.3 is 0 Å². The molecule has 172 valence electrons. The summed E-state index contributed by atoms with van der Waals surface area (Å²) in [6.45, 7) is 8.74. The van der Waals surface area contributed by atoms with E-state index < -0.39 is 5.82 Å². The van der Waals surface area contributed by atoms with Crippen molar-refractivity contribution < 1.29 is 14.0 Å². The number of benzene rings is 2.